The molecule has 1 fully saturated rings. The summed E-state index contributed by atoms with van der Waals surface area (Å²) < 4.78 is 16.0. The van der Waals surface area contributed by atoms with E-state index in [0.29, 0.717) is 42.4 Å². The molecule has 6 nitrogen and oxygen atoms in total. The first kappa shape index (κ1) is 18.7. The van der Waals surface area contributed by atoms with E-state index in [1.165, 1.54) is 12.8 Å². The number of hydrogen-bond acceptors (Lipinski definition) is 4. The Labute approximate surface area is 148 Å². The van der Waals surface area contributed by atoms with Crippen LogP contribution in [-0.2, 0) is 0 Å². The highest BCUT2D eigenvalue weighted by Crippen LogP contribution is 2.27. The molecule has 0 unspecified atom stereocenters. The van der Waals surface area contributed by atoms with Crippen molar-refractivity contribution in [1.29, 1.82) is 0 Å². The van der Waals surface area contributed by atoms with E-state index in [9.17, 15) is 0 Å². The fourth-order valence-electron chi connectivity index (χ4n) is 1.95. The lowest BCUT2D eigenvalue weighted by Gasteiger charge is -2.16. The van der Waals surface area contributed by atoms with E-state index in [0.717, 1.165) is 0 Å². The number of ether oxygens (including phenoxy) is 3. The summed E-state index contributed by atoms with van der Waals surface area (Å²) in [6.45, 7) is 0.970. The van der Waals surface area contributed by atoms with E-state index in [2.05, 4.69) is 4.99 Å². The Morgan fingerprint density at radius 1 is 1.18 bits per heavy atom. The molecule has 1 saturated carbocycles. The van der Waals surface area contributed by atoms with Crippen LogP contribution < -0.4 is 19.9 Å². The summed E-state index contributed by atoms with van der Waals surface area (Å²) in [5.74, 6) is 2.65. The average molecular weight is 421 g/mol. The number of guanidine groups is 1. The highest BCUT2D eigenvalue weighted by Gasteiger charge is 2.27. The second-order valence-corrected chi connectivity index (χ2v) is 4.98. The molecule has 0 radical (unpaired) electrons. The Bertz CT molecular complexity index is 485. The molecule has 0 heterocycles. The maximum atomic E-state index is 5.91. The molecule has 22 heavy (non-hydrogen) atoms. The van der Waals surface area contributed by atoms with E-state index >= 15 is 0 Å². The number of methoxy groups -OCH3 is 2. The molecule has 0 aromatic heterocycles. The number of hydrogen-bond donors (Lipinski definition) is 1. The molecule has 1 aromatic carbocycles. The summed E-state index contributed by atoms with van der Waals surface area (Å²) in [6.07, 6.45) is 2.40. The van der Waals surface area contributed by atoms with Crippen molar-refractivity contribution >= 4 is 29.9 Å². The number of rotatable bonds is 7. The van der Waals surface area contributed by atoms with Crippen LogP contribution in [0.1, 0.15) is 12.8 Å². The van der Waals surface area contributed by atoms with E-state index in [-0.39, 0.29) is 24.0 Å². The molecule has 2 N–H and O–H groups in total. The molecule has 2 rings (SSSR count). The molecule has 0 spiro atoms. The van der Waals surface area contributed by atoms with Crippen LogP contribution in [0.3, 0.4) is 0 Å². The summed E-state index contributed by atoms with van der Waals surface area (Å²) in [5.41, 5.74) is 5.91. The smallest absolute Gasteiger partial charge is 0.191 e. The van der Waals surface area contributed by atoms with Crippen molar-refractivity contribution in [1.82, 2.24) is 4.90 Å². The third-order valence-corrected chi connectivity index (χ3v) is 3.41. The highest BCUT2D eigenvalue weighted by molar-refractivity contribution is 14.0. The summed E-state index contributed by atoms with van der Waals surface area (Å²) >= 11 is 0. The lowest BCUT2D eigenvalue weighted by molar-refractivity contribution is 0.320. The first-order valence-corrected chi connectivity index (χ1v) is 7.02. The highest BCUT2D eigenvalue weighted by atomic mass is 127. The van der Waals surface area contributed by atoms with Crippen molar-refractivity contribution in [2.45, 2.75) is 18.9 Å². The zero-order chi connectivity index (χ0) is 15.2. The topological polar surface area (TPSA) is 69.3 Å². The van der Waals surface area contributed by atoms with Gasteiger partial charge in [-0.1, -0.05) is 0 Å². The van der Waals surface area contributed by atoms with Crippen molar-refractivity contribution in [2.24, 2.45) is 10.7 Å². The van der Waals surface area contributed by atoms with Crippen LogP contribution in [0.25, 0.3) is 0 Å². The number of halogens is 1. The lowest BCUT2D eigenvalue weighted by Crippen LogP contribution is -2.36. The van der Waals surface area contributed by atoms with Crippen LogP contribution in [-0.4, -0.2) is 51.3 Å². The predicted molar refractivity (Wildman–Crippen MR) is 97.7 cm³/mol. The Morgan fingerprint density at radius 3 is 2.23 bits per heavy atom. The van der Waals surface area contributed by atoms with Crippen molar-refractivity contribution < 1.29 is 14.2 Å². The first-order valence-electron chi connectivity index (χ1n) is 7.02. The minimum Gasteiger partial charge on any atom is -0.496 e. The van der Waals surface area contributed by atoms with E-state index in [1.807, 2.05) is 24.1 Å². The monoisotopic (exact) mass is 421 g/mol. The largest absolute Gasteiger partial charge is 0.496 e. The summed E-state index contributed by atoms with van der Waals surface area (Å²) in [5, 5.41) is 0. The Hall–Kier alpha value is -1.38. The van der Waals surface area contributed by atoms with Crippen molar-refractivity contribution in [2.75, 3.05) is 34.4 Å². The van der Waals surface area contributed by atoms with Gasteiger partial charge in [-0.15, -0.1) is 24.0 Å². The van der Waals surface area contributed by atoms with Gasteiger partial charge in [-0.05, 0) is 12.8 Å². The van der Waals surface area contributed by atoms with E-state index < -0.39 is 0 Å². The minimum atomic E-state index is 0. The van der Waals surface area contributed by atoms with Gasteiger partial charge in [0.25, 0.3) is 0 Å². The summed E-state index contributed by atoms with van der Waals surface area (Å²) in [4.78, 5) is 6.34. The maximum absolute atomic E-state index is 5.91. The summed E-state index contributed by atoms with van der Waals surface area (Å²) in [7, 11) is 5.19. The SMILES string of the molecule is COc1cc(OC)cc(OCCN=C(N)N(C)C2CC2)c1.I. The number of aliphatic imine (C=N–C) groups is 1. The van der Waals surface area contributed by atoms with Gasteiger partial charge in [-0.3, -0.25) is 0 Å². The molecule has 1 aliphatic carbocycles. The van der Waals surface area contributed by atoms with Gasteiger partial charge in [-0.2, -0.15) is 0 Å². The van der Waals surface area contributed by atoms with Crippen LogP contribution in [0.4, 0.5) is 0 Å². The van der Waals surface area contributed by atoms with Gasteiger partial charge in [0.15, 0.2) is 5.96 Å². The zero-order valence-electron chi connectivity index (χ0n) is 13.2. The minimum absolute atomic E-state index is 0. The van der Waals surface area contributed by atoms with Gasteiger partial charge in [0.1, 0.15) is 23.9 Å². The van der Waals surface area contributed by atoms with Crippen LogP contribution in [0.5, 0.6) is 17.2 Å². The number of nitrogens with zero attached hydrogens (tertiary/aromatic N) is 2. The quantitative estimate of drug-likeness (QED) is 0.316. The molecule has 0 saturated heterocycles. The van der Waals surface area contributed by atoms with Gasteiger partial charge in [0.2, 0.25) is 0 Å². The predicted octanol–water partition coefficient (Wildman–Crippen LogP) is 2.11. The molecule has 124 valence electrons. The van der Waals surface area contributed by atoms with Crippen LogP contribution in [0.2, 0.25) is 0 Å². The van der Waals surface area contributed by atoms with Gasteiger partial charge in [0, 0.05) is 31.3 Å². The Morgan fingerprint density at radius 2 is 1.73 bits per heavy atom. The molecule has 0 aliphatic heterocycles. The fraction of sp³-hybridized carbons (Fsp3) is 0.533. The fourth-order valence-corrected chi connectivity index (χ4v) is 1.95. The summed E-state index contributed by atoms with van der Waals surface area (Å²) in [6, 6.07) is 5.99. The van der Waals surface area contributed by atoms with Gasteiger partial charge < -0.3 is 24.8 Å². The molecular formula is C15H24IN3O3. The Kier molecular flexibility index (Phi) is 7.57. The molecule has 0 bridgehead atoms. The van der Waals surface area contributed by atoms with Crippen LogP contribution in [0, 0.1) is 0 Å². The molecule has 0 amide bonds. The average Bonchev–Trinajstić information content (AvgIpc) is 3.34. The zero-order valence-corrected chi connectivity index (χ0v) is 15.6. The molecule has 1 aliphatic rings. The number of benzene rings is 1. The first-order chi connectivity index (χ1) is 10.1. The van der Waals surface area contributed by atoms with E-state index in [4.69, 9.17) is 19.9 Å². The Balaban J connectivity index is 0.00000242. The van der Waals surface area contributed by atoms with Gasteiger partial charge in [0.05, 0.1) is 20.8 Å². The third kappa shape index (κ3) is 5.43. The van der Waals surface area contributed by atoms with Crippen LogP contribution in [0.15, 0.2) is 23.2 Å². The molecule has 7 heteroatoms. The van der Waals surface area contributed by atoms with Gasteiger partial charge in [-0.25, -0.2) is 4.99 Å². The normalized spacial score (nSPS) is 14.0. The maximum Gasteiger partial charge on any atom is 0.191 e. The van der Waals surface area contributed by atoms with Crippen LogP contribution >= 0.6 is 24.0 Å². The molecule has 0 atom stereocenters. The second kappa shape index (κ2) is 8.92. The molecular weight excluding hydrogens is 397 g/mol. The lowest BCUT2D eigenvalue weighted by atomic mass is 10.3. The van der Waals surface area contributed by atoms with Crippen molar-refractivity contribution in [3.05, 3.63) is 18.2 Å². The van der Waals surface area contributed by atoms with Crippen molar-refractivity contribution in [3.8, 4) is 17.2 Å². The van der Waals surface area contributed by atoms with Gasteiger partial charge >= 0.3 is 0 Å². The van der Waals surface area contributed by atoms with Crippen molar-refractivity contribution in [3.63, 3.8) is 0 Å². The number of nitrogens with two attached hydrogens (primary N) is 1. The third-order valence-electron chi connectivity index (χ3n) is 3.41. The van der Waals surface area contributed by atoms with E-state index in [1.54, 1.807) is 20.3 Å². The molecule has 1 aromatic rings. The second-order valence-electron chi connectivity index (χ2n) is 4.98. The standard InChI is InChI=1S/C15H23N3O3.HI/c1-18(11-4-5-11)15(16)17-6-7-21-14-9-12(19-2)8-13(10-14)20-3;/h8-11H,4-7H2,1-3H3,(H2,16,17);1H.